The molecule has 0 unspecified atom stereocenters. The Labute approximate surface area is 209 Å². The molecule has 5 aromatic rings. The lowest BCUT2D eigenvalue weighted by Crippen LogP contribution is -2.13. The molecule has 5 rings (SSSR count). The van der Waals surface area contributed by atoms with Gasteiger partial charge in [0.25, 0.3) is 0 Å². The quantitative estimate of drug-likeness (QED) is 0.0813. The minimum Gasteiger partial charge on any atom is -0.422 e. The molecule has 0 fully saturated rings. The van der Waals surface area contributed by atoms with Gasteiger partial charge in [0.05, 0.1) is 11.1 Å². The third-order valence-corrected chi connectivity index (χ3v) is 5.66. The first-order chi connectivity index (χ1) is 18.2. The lowest BCUT2D eigenvalue weighted by atomic mass is 10.0. The Bertz CT molecular complexity index is 1550. The van der Waals surface area contributed by atoms with Crippen LogP contribution in [-0.2, 0) is 0 Å². The zero-order valence-corrected chi connectivity index (χ0v) is 18.8. The van der Waals surface area contributed by atoms with Gasteiger partial charge in [-0.1, -0.05) is 48.5 Å². The van der Waals surface area contributed by atoms with E-state index in [4.69, 9.17) is 9.47 Å². The van der Waals surface area contributed by atoms with E-state index in [2.05, 4.69) is 0 Å². The van der Waals surface area contributed by atoms with Crippen molar-refractivity contribution in [3.8, 4) is 11.5 Å². The normalized spacial score (nSPS) is 11.1. The maximum absolute atomic E-state index is 13.7. The summed E-state index contributed by atoms with van der Waals surface area (Å²) in [5, 5.41) is 0.896. The van der Waals surface area contributed by atoms with Crippen molar-refractivity contribution in [1.82, 2.24) is 0 Å². The topological polar surface area (TPSA) is 52.6 Å². The molecule has 0 atom stereocenters. The molecule has 5 aromatic carbocycles. The number of carbonyl (C=O) groups is 2. The Morgan fingerprint density at radius 1 is 0.474 bits per heavy atom. The zero-order valence-electron chi connectivity index (χ0n) is 18.8. The lowest BCUT2D eigenvalue weighted by molar-refractivity contribution is 0.0725. The number of hydrogen-bond acceptors (Lipinski definition) is 4. The molecule has 0 radical (unpaired) electrons. The van der Waals surface area contributed by atoms with Gasteiger partial charge in [-0.15, -0.1) is 0 Å². The number of fused-ring (bicyclic) bond motifs is 2. The number of ether oxygens (including phenoxy) is 2. The first-order valence-corrected chi connectivity index (χ1v) is 10.8. The van der Waals surface area contributed by atoms with E-state index in [1.54, 1.807) is 24.3 Å². The first kappa shape index (κ1) is 24.8. The molecule has 0 N–H and O–H groups in total. The Kier molecular flexibility index (Phi) is 6.23. The summed E-state index contributed by atoms with van der Waals surface area (Å²) in [7, 11) is 0. The largest absolute Gasteiger partial charge is 0.422 e. The molecule has 0 saturated carbocycles. The zero-order chi connectivity index (χ0) is 27.1. The molecule has 4 nitrogen and oxygen atoms in total. The third kappa shape index (κ3) is 4.30. The molecule has 0 bridgehead atoms. The van der Waals surface area contributed by atoms with Gasteiger partial charge in [0.1, 0.15) is 11.5 Å². The molecule has 0 heterocycles. The molecule has 38 heavy (non-hydrogen) atoms. The molecule has 0 aliphatic carbocycles. The Balaban J connectivity index is 1.64. The van der Waals surface area contributed by atoms with E-state index in [-0.39, 0.29) is 33.0 Å². The van der Waals surface area contributed by atoms with Crippen LogP contribution in [0.5, 0.6) is 11.5 Å². The molecule has 0 aromatic heterocycles. The molecule has 0 saturated heterocycles. The van der Waals surface area contributed by atoms with Crippen LogP contribution in [0.1, 0.15) is 20.7 Å². The summed E-state index contributed by atoms with van der Waals surface area (Å²) in [6.45, 7) is 0. The van der Waals surface area contributed by atoms with Crippen molar-refractivity contribution in [3.05, 3.63) is 119 Å². The average Bonchev–Trinajstić information content (AvgIpc) is 2.91. The summed E-state index contributed by atoms with van der Waals surface area (Å²) in [6, 6.07) is 14.3. The van der Waals surface area contributed by atoms with E-state index in [9.17, 15) is 35.9 Å². The summed E-state index contributed by atoms with van der Waals surface area (Å²) in [4.78, 5) is 25.6. The average molecular weight is 526 g/mol. The van der Waals surface area contributed by atoms with E-state index in [0.29, 0.717) is 24.3 Å². The number of carbonyl (C=O) groups excluding carboxylic acids is 2. The van der Waals surface area contributed by atoms with Crippen molar-refractivity contribution in [3.63, 3.8) is 0 Å². The summed E-state index contributed by atoms with van der Waals surface area (Å²) >= 11 is 0. The molecule has 0 aliphatic rings. The van der Waals surface area contributed by atoms with Crippen LogP contribution in [0.2, 0.25) is 0 Å². The van der Waals surface area contributed by atoms with E-state index in [0.717, 1.165) is 0 Å². The number of benzene rings is 5. The second kappa shape index (κ2) is 9.55. The predicted octanol–water partition coefficient (Wildman–Crippen LogP) is 7.27. The highest BCUT2D eigenvalue weighted by molar-refractivity contribution is 6.13. The maximum atomic E-state index is 13.7. The van der Waals surface area contributed by atoms with Crippen LogP contribution in [0, 0.1) is 34.9 Å². The highest BCUT2D eigenvalue weighted by Crippen LogP contribution is 2.43. The molecule has 0 spiro atoms. The van der Waals surface area contributed by atoms with Crippen LogP contribution < -0.4 is 9.47 Å². The highest BCUT2D eigenvalue weighted by atomic mass is 19.2. The van der Waals surface area contributed by atoms with Gasteiger partial charge in [-0.3, -0.25) is 0 Å². The minimum absolute atomic E-state index is 0.0648. The van der Waals surface area contributed by atoms with Gasteiger partial charge in [-0.25, -0.2) is 35.9 Å². The van der Waals surface area contributed by atoms with Gasteiger partial charge < -0.3 is 9.47 Å². The van der Waals surface area contributed by atoms with Gasteiger partial charge in [0, 0.05) is 21.5 Å². The van der Waals surface area contributed by atoms with Crippen molar-refractivity contribution in [2.75, 3.05) is 0 Å². The van der Waals surface area contributed by atoms with Crippen molar-refractivity contribution >= 4 is 33.5 Å². The fourth-order valence-electron chi connectivity index (χ4n) is 3.92. The van der Waals surface area contributed by atoms with Crippen molar-refractivity contribution in [2.24, 2.45) is 0 Å². The molecule has 190 valence electrons. The fourth-order valence-corrected chi connectivity index (χ4v) is 3.92. The Morgan fingerprint density at radius 3 is 1.00 bits per heavy atom. The predicted molar refractivity (Wildman–Crippen MR) is 124 cm³/mol. The first-order valence-electron chi connectivity index (χ1n) is 10.8. The summed E-state index contributed by atoms with van der Waals surface area (Å²) in [6.07, 6.45) is 0. The van der Waals surface area contributed by atoms with Crippen molar-refractivity contribution in [2.45, 2.75) is 0 Å². The molecule has 0 aliphatic heterocycles. The van der Waals surface area contributed by atoms with Gasteiger partial charge in [0.2, 0.25) is 0 Å². The van der Waals surface area contributed by atoms with Gasteiger partial charge in [-0.2, -0.15) is 0 Å². The second-order valence-corrected chi connectivity index (χ2v) is 8.04. The van der Waals surface area contributed by atoms with Crippen LogP contribution in [0.4, 0.5) is 26.3 Å². The number of rotatable bonds is 4. The SMILES string of the molecule is O=C(Oc1c2ccccc2c(OC(=O)c2cc(F)c(F)c(F)c2)c2ccccc12)c1cc(F)c(F)c(F)c1. The third-order valence-electron chi connectivity index (χ3n) is 5.66. The second-order valence-electron chi connectivity index (χ2n) is 8.04. The van der Waals surface area contributed by atoms with Crippen LogP contribution in [0.25, 0.3) is 21.5 Å². The Hall–Kier alpha value is -4.86. The van der Waals surface area contributed by atoms with Crippen molar-refractivity contribution < 1.29 is 45.4 Å². The number of esters is 2. The van der Waals surface area contributed by atoms with E-state index < -0.39 is 58.0 Å². The number of hydrogen-bond donors (Lipinski definition) is 0. The van der Waals surface area contributed by atoms with Gasteiger partial charge >= 0.3 is 11.9 Å². The molecular formula is C28H12F6O4. The van der Waals surface area contributed by atoms with Crippen LogP contribution in [0.15, 0.2) is 72.8 Å². The summed E-state index contributed by atoms with van der Waals surface area (Å²) in [5.41, 5.74) is -1.18. The maximum Gasteiger partial charge on any atom is 0.343 e. The molecule has 10 heteroatoms. The van der Waals surface area contributed by atoms with E-state index >= 15 is 0 Å². The van der Waals surface area contributed by atoms with Crippen LogP contribution in [0.3, 0.4) is 0 Å². The highest BCUT2D eigenvalue weighted by Gasteiger charge is 2.23. The summed E-state index contributed by atoms with van der Waals surface area (Å²) < 4.78 is 92.4. The van der Waals surface area contributed by atoms with Gasteiger partial charge in [0.15, 0.2) is 34.9 Å². The van der Waals surface area contributed by atoms with Gasteiger partial charge in [-0.05, 0) is 24.3 Å². The molecular weight excluding hydrogens is 514 g/mol. The van der Waals surface area contributed by atoms with Crippen molar-refractivity contribution in [1.29, 1.82) is 0 Å². The lowest BCUT2D eigenvalue weighted by Gasteiger charge is -2.16. The van der Waals surface area contributed by atoms with Crippen LogP contribution >= 0.6 is 0 Å². The van der Waals surface area contributed by atoms with E-state index in [1.165, 1.54) is 24.3 Å². The Morgan fingerprint density at radius 2 is 0.737 bits per heavy atom. The summed E-state index contributed by atoms with van der Waals surface area (Å²) in [5.74, 6) is -12.3. The monoisotopic (exact) mass is 526 g/mol. The van der Waals surface area contributed by atoms with E-state index in [1.807, 2.05) is 0 Å². The smallest absolute Gasteiger partial charge is 0.343 e. The molecule has 0 amide bonds. The van der Waals surface area contributed by atoms with Crippen LogP contribution in [-0.4, -0.2) is 11.9 Å². The standard InChI is InChI=1S/C28H12F6O4/c29-19-9-13(10-20(30)23(19)33)27(35)37-25-15-5-1-2-6-16(15)26(18-8-4-3-7-17(18)25)38-28(36)14-11-21(31)24(34)22(32)12-14/h1-12H. The number of halogens is 6. The minimum atomic E-state index is -1.75. The fraction of sp³-hybridized carbons (Fsp3) is 0.